The number of benzene rings is 1. The number of hydrogen-bond donors (Lipinski definition) is 2. The van der Waals surface area contributed by atoms with E-state index in [9.17, 15) is 9.90 Å². The van der Waals surface area contributed by atoms with Gasteiger partial charge >= 0.3 is 0 Å². The monoisotopic (exact) mass is 289 g/mol. The molecule has 1 aromatic carbocycles. The van der Waals surface area contributed by atoms with Gasteiger partial charge in [0, 0.05) is 5.56 Å². The van der Waals surface area contributed by atoms with Crippen LogP contribution in [0.3, 0.4) is 0 Å². The number of unbranched alkanes of at least 4 members (excludes halogenated alkanes) is 1. The van der Waals surface area contributed by atoms with Crippen molar-refractivity contribution in [3.63, 3.8) is 0 Å². The van der Waals surface area contributed by atoms with E-state index in [1.54, 1.807) is 0 Å². The number of rotatable bonds is 6. The highest BCUT2D eigenvalue weighted by Crippen LogP contribution is 2.28. The lowest BCUT2D eigenvalue weighted by Gasteiger charge is -2.36. The quantitative estimate of drug-likeness (QED) is 0.842. The number of aryl methyl sites for hydroxylation is 1. The van der Waals surface area contributed by atoms with Crippen LogP contribution in [0.4, 0.5) is 0 Å². The second kappa shape index (κ2) is 7.60. The summed E-state index contributed by atoms with van der Waals surface area (Å²) in [5.41, 5.74) is 1.56. The first-order chi connectivity index (χ1) is 10.2. The average molecular weight is 289 g/mol. The minimum absolute atomic E-state index is 0.0350. The van der Waals surface area contributed by atoms with Crippen LogP contribution < -0.4 is 5.32 Å². The Labute approximate surface area is 127 Å². The van der Waals surface area contributed by atoms with E-state index >= 15 is 0 Å². The van der Waals surface area contributed by atoms with Crippen molar-refractivity contribution < 1.29 is 9.90 Å². The fraction of sp³-hybridized carbons (Fsp3) is 0.611. The van der Waals surface area contributed by atoms with Crippen LogP contribution in [0.2, 0.25) is 0 Å². The molecule has 2 rings (SSSR count). The minimum Gasteiger partial charge on any atom is -0.394 e. The lowest BCUT2D eigenvalue weighted by Crippen LogP contribution is -2.52. The van der Waals surface area contributed by atoms with Crippen LogP contribution >= 0.6 is 0 Å². The van der Waals surface area contributed by atoms with Gasteiger partial charge in [0.15, 0.2) is 0 Å². The van der Waals surface area contributed by atoms with Gasteiger partial charge in [-0.15, -0.1) is 0 Å². The molecule has 21 heavy (non-hydrogen) atoms. The third-order valence-corrected chi connectivity index (χ3v) is 4.53. The molecule has 0 aromatic heterocycles. The largest absolute Gasteiger partial charge is 0.394 e. The Morgan fingerprint density at radius 1 is 1.19 bits per heavy atom. The Bertz CT molecular complexity index is 447. The first kappa shape index (κ1) is 16.0. The summed E-state index contributed by atoms with van der Waals surface area (Å²) < 4.78 is 0. The summed E-state index contributed by atoms with van der Waals surface area (Å²) in [7, 11) is 0. The molecule has 1 aromatic rings. The zero-order chi connectivity index (χ0) is 15.1. The van der Waals surface area contributed by atoms with E-state index in [1.165, 1.54) is 24.8 Å². The van der Waals surface area contributed by atoms with Crippen molar-refractivity contribution in [1.29, 1.82) is 0 Å². The molecule has 1 saturated carbocycles. The molecule has 1 fully saturated rings. The van der Waals surface area contributed by atoms with E-state index in [0.717, 1.165) is 32.1 Å². The maximum Gasteiger partial charge on any atom is 0.251 e. The predicted molar refractivity (Wildman–Crippen MR) is 85.4 cm³/mol. The Kier molecular flexibility index (Phi) is 5.80. The summed E-state index contributed by atoms with van der Waals surface area (Å²) in [5, 5.41) is 12.7. The summed E-state index contributed by atoms with van der Waals surface area (Å²) >= 11 is 0. The van der Waals surface area contributed by atoms with Gasteiger partial charge in [0.05, 0.1) is 12.1 Å². The number of nitrogens with one attached hydrogen (secondary N) is 1. The van der Waals surface area contributed by atoms with E-state index in [-0.39, 0.29) is 12.5 Å². The molecule has 1 amide bonds. The Morgan fingerprint density at radius 2 is 1.86 bits per heavy atom. The van der Waals surface area contributed by atoms with Gasteiger partial charge in [-0.05, 0) is 43.4 Å². The molecule has 0 radical (unpaired) electrons. The SMILES string of the molecule is CCCCc1ccc(C(=O)NC2(CO)CCCCC2)cc1. The summed E-state index contributed by atoms with van der Waals surface area (Å²) in [6, 6.07) is 7.87. The lowest BCUT2D eigenvalue weighted by atomic mass is 9.82. The van der Waals surface area contributed by atoms with Crippen LogP contribution in [0.1, 0.15) is 67.8 Å². The van der Waals surface area contributed by atoms with Crippen molar-refractivity contribution in [1.82, 2.24) is 5.32 Å². The third kappa shape index (κ3) is 4.31. The van der Waals surface area contributed by atoms with Crippen LogP contribution in [0.15, 0.2) is 24.3 Å². The fourth-order valence-electron chi connectivity index (χ4n) is 3.07. The predicted octanol–water partition coefficient (Wildman–Crippen LogP) is 3.45. The number of aliphatic hydroxyl groups is 1. The van der Waals surface area contributed by atoms with Gasteiger partial charge in [-0.3, -0.25) is 4.79 Å². The highest BCUT2D eigenvalue weighted by molar-refractivity contribution is 5.94. The Morgan fingerprint density at radius 3 is 2.43 bits per heavy atom. The van der Waals surface area contributed by atoms with Crippen molar-refractivity contribution in [3.05, 3.63) is 35.4 Å². The molecule has 3 heteroatoms. The van der Waals surface area contributed by atoms with E-state index in [4.69, 9.17) is 0 Å². The molecule has 0 bridgehead atoms. The van der Waals surface area contributed by atoms with Gasteiger partial charge in [-0.2, -0.15) is 0 Å². The van der Waals surface area contributed by atoms with Crippen LogP contribution in [-0.2, 0) is 6.42 Å². The van der Waals surface area contributed by atoms with Crippen molar-refractivity contribution in [2.75, 3.05) is 6.61 Å². The van der Waals surface area contributed by atoms with Crippen LogP contribution in [-0.4, -0.2) is 23.2 Å². The summed E-state index contributed by atoms with van der Waals surface area (Å²) in [4.78, 5) is 12.4. The Balaban J connectivity index is 1.98. The lowest BCUT2D eigenvalue weighted by molar-refractivity contribution is 0.0758. The molecule has 0 atom stereocenters. The van der Waals surface area contributed by atoms with E-state index in [2.05, 4.69) is 12.2 Å². The minimum atomic E-state index is -0.407. The normalized spacial score (nSPS) is 17.4. The van der Waals surface area contributed by atoms with Gasteiger partial charge in [0.25, 0.3) is 5.91 Å². The van der Waals surface area contributed by atoms with Crippen LogP contribution in [0.5, 0.6) is 0 Å². The highest BCUT2D eigenvalue weighted by atomic mass is 16.3. The van der Waals surface area contributed by atoms with Gasteiger partial charge < -0.3 is 10.4 Å². The second-order valence-electron chi connectivity index (χ2n) is 6.25. The molecule has 0 aliphatic heterocycles. The number of hydrogen-bond acceptors (Lipinski definition) is 2. The first-order valence-corrected chi connectivity index (χ1v) is 8.21. The van der Waals surface area contributed by atoms with E-state index in [1.807, 2.05) is 24.3 Å². The molecule has 1 aliphatic rings. The number of aliphatic hydroxyl groups excluding tert-OH is 1. The number of amides is 1. The van der Waals surface area contributed by atoms with Gasteiger partial charge in [-0.25, -0.2) is 0 Å². The van der Waals surface area contributed by atoms with Crippen molar-refractivity contribution in [2.24, 2.45) is 0 Å². The second-order valence-corrected chi connectivity index (χ2v) is 6.25. The molecule has 3 nitrogen and oxygen atoms in total. The third-order valence-electron chi connectivity index (χ3n) is 4.53. The summed E-state index contributed by atoms with van der Waals surface area (Å²) in [5.74, 6) is -0.0620. The molecular formula is C18H27NO2. The molecular weight excluding hydrogens is 262 g/mol. The number of carbonyl (C=O) groups is 1. The summed E-state index contributed by atoms with van der Waals surface area (Å²) in [6.45, 7) is 2.22. The van der Waals surface area contributed by atoms with E-state index < -0.39 is 5.54 Å². The molecule has 116 valence electrons. The van der Waals surface area contributed by atoms with Crippen molar-refractivity contribution >= 4 is 5.91 Å². The van der Waals surface area contributed by atoms with Gasteiger partial charge in [0.1, 0.15) is 0 Å². The first-order valence-electron chi connectivity index (χ1n) is 8.21. The van der Waals surface area contributed by atoms with Crippen molar-refractivity contribution in [3.8, 4) is 0 Å². The maximum atomic E-state index is 12.4. The molecule has 2 N–H and O–H groups in total. The van der Waals surface area contributed by atoms with Crippen molar-refractivity contribution in [2.45, 2.75) is 63.8 Å². The molecule has 0 saturated heterocycles. The molecule has 0 heterocycles. The zero-order valence-electron chi connectivity index (χ0n) is 13.0. The van der Waals surface area contributed by atoms with E-state index in [0.29, 0.717) is 5.56 Å². The topological polar surface area (TPSA) is 49.3 Å². The van der Waals surface area contributed by atoms with Crippen LogP contribution in [0.25, 0.3) is 0 Å². The molecule has 1 aliphatic carbocycles. The highest BCUT2D eigenvalue weighted by Gasteiger charge is 2.33. The zero-order valence-corrected chi connectivity index (χ0v) is 13.0. The van der Waals surface area contributed by atoms with Crippen LogP contribution in [0, 0.1) is 0 Å². The Hall–Kier alpha value is -1.35. The maximum absolute atomic E-state index is 12.4. The smallest absolute Gasteiger partial charge is 0.251 e. The molecule has 0 unspecified atom stereocenters. The summed E-state index contributed by atoms with van der Waals surface area (Å²) in [6.07, 6.45) is 8.55. The average Bonchev–Trinajstić information content (AvgIpc) is 2.54. The number of carbonyl (C=O) groups excluding carboxylic acids is 1. The fourth-order valence-corrected chi connectivity index (χ4v) is 3.07. The molecule has 0 spiro atoms. The van der Waals surface area contributed by atoms with Gasteiger partial charge in [-0.1, -0.05) is 44.7 Å². The standard InChI is InChI=1S/C18H27NO2/c1-2-3-7-15-8-10-16(11-9-15)17(21)19-18(14-20)12-5-4-6-13-18/h8-11,20H,2-7,12-14H2,1H3,(H,19,21). The van der Waals surface area contributed by atoms with Gasteiger partial charge in [0.2, 0.25) is 0 Å².